The number of aliphatic hydroxyl groups is 1. The Morgan fingerprint density at radius 1 is 0.982 bits per heavy atom. The van der Waals surface area contributed by atoms with Crippen LogP contribution >= 0.6 is 11.6 Å². The van der Waals surface area contributed by atoms with Crippen molar-refractivity contribution in [2.75, 3.05) is 32.8 Å². The molecule has 3 aliphatic rings. The average Bonchev–Trinajstić information content (AvgIpc) is 3.70. The molecule has 3 heterocycles. The van der Waals surface area contributed by atoms with Gasteiger partial charge in [-0.3, -0.25) is 14.6 Å². The number of nitriles is 1. The van der Waals surface area contributed by atoms with Gasteiger partial charge in [-0.2, -0.15) is 5.26 Å². The number of nitrogens with zero attached hydrogens (tertiary/aromatic N) is 5. The summed E-state index contributed by atoms with van der Waals surface area (Å²) in [5.74, 6) is 1.32. The van der Waals surface area contributed by atoms with Crippen LogP contribution in [0.2, 0.25) is 5.02 Å². The van der Waals surface area contributed by atoms with E-state index in [4.69, 9.17) is 25.5 Å². The lowest BCUT2D eigenvalue weighted by Crippen LogP contribution is -2.47. The monoisotopic (exact) mass is 791 g/mol. The first-order chi connectivity index (χ1) is 27.6. The molecule has 0 amide bonds. The standard InChI is InChI=1S/C45H50ClN5O6/c1-44(2)36(34-12-4-3-5-13-34)14-9-18-45(44,43-49-48-41(57-43)27-50-20-16-31(28-52)17-21-50)30-56-40-24-39(55-29-33-11-8-10-32(22-33)25-47)35(23-37(40)46)26-51-19-7-6-15-38(51)42(53)54/h3-5,8-14,18,22-24,31,38,52H,6-7,15-17,19-21,26-30H2,1-2H3,(H,53,54)/t38-,45?/m0/s1. The van der Waals surface area contributed by atoms with Crippen LogP contribution in [0.25, 0.3) is 5.57 Å². The van der Waals surface area contributed by atoms with Gasteiger partial charge < -0.3 is 24.1 Å². The van der Waals surface area contributed by atoms with Crippen LogP contribution in [0, 0.1) is 22.7 Å². The van der Waals surface area contributed by atoms with E-state index >= 15 is 0 Å². The largest absolute Gasteiger partial charge is 0.490 e. The van der Waals surface area contributed by atoms with Crippen LogP contribution in [0.4, 0.5) is 0 Å². The fourth-order valence-corrected chi connectivity index (χ4v) is 8.63. The van der Waals surface area contributed by atoms with Crippen LogP contribution in [0.5, 0.6) is 11.5 Å². The molecule has 298 valence electrons. The fourth-order valence-electron chi connectivity index (χ4n) is 8.39. The molecule has 1 unspecified atom stereocenters. The molecule has 1 aliphatic carbocycles. The number of benzene rings is 3. The Bertz CT molecular complexity index is 2140. The molecule has 2 saturated heterocycles. The van der Waals surface area contributed by atoms with Gasteiger partial charge in [0.15, 0.2) is 0 Å². The molecule has 57 heavy (non-hydrogen) atoms. The van der Waals surface area contributed by atoms with Gasteiger partial charge in [0.2, 0.25) is 11.8 Å². The highest BCUT2D eigenvalue weighted by molar-refractivity contribution is 6.32. The molecule has 7 rings (SSSR count). The number of carbonyl (C=O) groups is 1. The second kappa shape index (κ2) is 17.7. The first kappa shape index (κ1) is 40.2. The highest BCUT2D eigenvalue weighted by atomic mass is 35.5. The van der Waals surface area contributed by atoms with Crippen LogP contribution in [0.1, 0.15) is 80.0 Å². The van der Waals surface area contributed by atoms with Gasteiger partial charge in [0.05, 0.1) is 23.2 Å². The summed E-state index contributed by atoms with van der Waals surface area (Å²) in [4.78, 5) is 16.5. The van der Waals surface area contributed by atoms with Crippen LogP contribution in [0.15, 0.2) is 89.4 Å². The number of carboxylic acid groups (broad SMARTS) is 1. The summed E-state index contributed by atoms with van der Waals surface area (Å²) in [6.07, 6.45) is 10.4. The van der Waals surface area contributed by atoms with Crippen LogP contribution in [-0.2, 0) is 29.9 Å². The van der Waals surface area contributed by atoms with Crippen molar-refractivity contribution >= 4 is 23.1 Å². The van der Waals surface area contributed by atoms with Crippen molar-refractivity contribution in [1.82, 2.24) is 20.0 Å². The Morgan fingerprint density at radius 3 is 2.54 bits per heavy atom. The minimum Gasteiger partial charge on any atom is -0.490 e. The summed E-state index contributed by atoms with van der Waals surface area (Å²) in [5, 5.41) is 38.7. The van der Waals surface area contributed by atoms with E-state index in [0.717, 1.165) is 61.0 Å². The lowest BCUT2D eigenvalue weighted by molar-refractivity contribution is -0.144. The third-order valence-corrected chi connectivity index (χ3v) is 12.3. The van der Waals surface area contributed by atoms with Gasteiger partial charge in [0, 0.05) is 30.2 Å². The first-order valence-electron chi connectivity index (χ1n) is 19.8. The number of ether oxygens (including phenoxy) is 2. The zero-order valence-corrected chi connectivity index (χ0v) is 33.3. The molecule has 1 aromatic heterocycles. The fraction of sp³-hybridized carbons (Fsp3) is 0.422. The molecule has 3 aromatic carbocycles. The SMILES string of the molecule is CC1(C)C(c2ccccc2)=CC=CC1(COc1cc(OCc2cccc(C#N)c2)c(CN2CCCC[C@H]2C(=O)O)cc1Cl)c1nnc(CN2CCC(CO)CC2)o1. The van der Waals surface area contributed by atoms with Gasteiger partial charge >= 0.3 is 5.97 Å². The van der Waals surface area contributed by atoms with E-state index in [2.05, 4.69) is 59.3 Å². The molecule has 12 heteroatoms. The summed E-state index contributed by atoms with van der Waals surface area (Å²) in [6.45, 7) is 7.99. The van der Waals surface area contributed by atoms with E-state index in [1.54, 1.807) is 24.3 Å². The normalized spacial score (nSPS) is 21.5. The summed E-state index contributed by atoms with van der Waals surface area (Å²) in [7, 11) is 0. The third kappa shape index (κ3) is 8.80. The predicted molar refractivity (Wildman–Crippen MR) is 217 cm³/mol. The van der Waals surface area contributed by atoms with Crippen molar-refractivity contribution in [1.29, 1.82) is 5.26 Å². The van der Waals surface area contributed by atoms with E-state index < -0.39 is 22.8 Å². The molecule has 2 aliphatic heterocycles. The molecule has 0 saturated carbocycles. The van der Waals surface area contributed by atoms with Crippen molar-refractivity contribution < 1.29 is 28.9 Å². The second-order valence-electron chi connectivity index (χ2n) is 15.9. The van der Waals surface area contributed by atoms with Crippen molar-refractivity contribution in [3.63, 3.8) is 0 Å². The highest BCUT2D eigenvalue weighted by Crippen LogP contribution is 2.53. The maximum Gasteiger partial charge on any atom is 0.320 e. The molecule has 0 spiro atoms. The summed E-state index contributed by atoms with van der Waals surface area (Å²) < 4.78 is 19.8. The van der Waals surface area contributed by atoms with Gasteiger partial charge in [-0.15, -0.1) is 10.2 Å². The molecular formula is C45H50ClN5O6. The van der Waals surface area contributed by atoms with Crippen LogP contribution in [0.3, 0.4) is 0 Å². The lowest BCUT2D eigenvalue weighted by atomic mass is 9.58. The topological polar surface area (TPSA) is 145 Å². The number of rotatable bonds is 14. The molecule has 2 atom stereocenters. The number of hydrogen-bond acceptors (Lipinski definition) is 10. The lowest BCUT2D eigenvalue weighted by Gasteiger charge is -2.45. The highest BCUT2D eigenvalue weighted by Gasteiger charge is 2.53. The second-order valence-corrected chi connectivity index (χ2v) is 16.3. The molecule has 4 aromatic rings. The Morgan fingerprint density at radius 2 is 1.79 bits per heavy atom. The summed E-state index contributed by atoms with van der Waals surface area (Å²) in [6, 6.07) is 22.6. The van der Waals surface area contributed by atoms with E-state index in [9.17, 15) is 20.3 Å². The van der Waals surface area contributed by atoms with Crippen LogP contribution < -0.4 is 9.47 Å². The Balaban J connectivity index is 1.22. The van der Waals surface area contributed by atoms with Gasteiger partial charge in [0.25, 0.3) is 0 Å². The predicted octanol–water partition coefficient (Wildman–Crippen LogP) is 7.81. The smallest absolute Gasteiger partial charge is 0.320 e. The third-order valence-electron chi connectivity index (χ3n) is 12.0. The Labute approximate surface area is 339 Å². The van der Waals surface area contributed by atoms with Crippen molar-refractivity contribution in [2.24, 2.45) is 11.3 Å². The van der Waals surface area contributed by atoms with E-state index in [1.807, 2.05) is 41.3 Å². The maximum absolute atomic E-state index is 12.2. The number of aliphatic hydroxyl groups excluding tert-OH is 1. The molecule has 0 bridgehead atoms. The number of aliphatic carboxylic acids is 1. The number of aromatic nitrogens is 2. The summed E-state index contributed by atoms with van der Waals surface area (Å²) >= 11 is 7.06. The zero-order chi connectivity index (χ0) is 40.0. The van der Waals surface area contributed by atoms with Gasteiger partial charge in [-0.1, -0.05) is 92.6 Å². The minimum absolute atomic E-state index is 0.0974. The van der Waals surface area contributed by atoms with Gasteiger partial charge in [-0.25, -0.2) is 0 Å². The number of carboxylic acids is 1. The molecule has 0 radical (unpaired) electrons. The number of allylic oxidation sites excluding steroid dienone is 3. The van der Waals surface area contributed by atoms with Crippen molar-refractivity contribution in [2.45, 2.75) is 77.1 Å². The van der Waals surface area contributed by atoms with Crippen molar-refractivity contribution in [3.05, 3.63) is 124 Å². The molecular weight excluding hydrogens is 742 g/mol. The number of hydrogen-bond donors (Lipinski definition) is 2. The van der Waals surface area contributed by atoms with E-state index in [-0.39, 0.29) is 19.8 Å². The number of likely N-dealkylation sites (tertiary alicyclic amines) is 2. The van der Waals surface area contributed by atoms with Crippen molar-refractivity contribution in [3.8, 4) is 17.6 Å². The average molecular weight is 792 g/mol. The van der Waals surface area contributed by atoms with E-state index in [1.165, 1.54) is 0 Å². The quantitative estimate of drug-likeness (QED) is 0.129. The summed E-state index contributed by atoms with van der Waals surface area (Å²) in [5.41, 5.74) is 2.70. The Hall–Kier alpha value is -4.99. The number of piperidine rings is 2. The first-order valence-corrected chi connectivity index (χ1v) is 20.1. The molecule has 11 nitrogen and oxygen atoms in total. The number of halogens is 1. The minimum atomic E-state index is -0.925. The molecule has 2 N–H and O–H groups in total. The maximum atomic E-state index is 12.2. The van der Waals surface area contributed by atoms with E-state index in [0.29, 0.717) is 65.8 Å². The zero-order valence-electron chi connectivity index (χ0n) is 32.6. The molecule has 2 fully saturated rings. The van der Waals surface area contributed by atoms with Gasteiger partial charge in [0.1, 0.15) is 36.2 Å². The van der Waals surface area contributed by atoms with Gasteiger partial charge in [-0.05, 0) is 86.1 Å². The Kier molecular flexibility index (Phi) is 12.5. The van der Waals surface area contributed by atoms with Crippen LogP contribution in [-0.4, -0.2) is 75.1 Å².